The van der Waals surface area contributed by atoms with Gasteiger partial charge in [0.15, 0.2) is 0 Å². The first-order valence-electron chi connectivity index (χ1n) is 5.12. The maximum Gasteiger partial charge on any atom is 0.131 e. The zero-order valence-corrected chi connectivity index (χ0v) is 9.47. The Bertz CT molecular complexity index is 465. The standard InChI is InChI=1S/C12H15N3O/c1-9-6-10(13)7-14-12(9)15(2)8-11-4-3-5-16-11/h3-7H,8,13H2,1-2H3. The number of anilines is 2. The minimum Gasteiger partial charge on any atom is -0.467 e. The van der Waals surface area contributed by atoms with E-state index in [0.717, 1.165) is 17.1 Å². The molecule has 0 aromatic carbocycles. The molecular formula is C12H15N3O. The summed E-state index contributed by atoms with van der Waals surface area (Å²) in [5, 5.41) is 0. The Morgan fingerprint density at radius 2 is 2.31 bits per heavy atom. The van der Waals surface area contributed by atoms with Gasteiger partial charge in [-0.15, -0.1) is 0 Å². The number of nitrogen functional groups attached to an aromatic ring is 1. The van der Waals surface area contributed by atoms with Crippen molar-refractivity contribution in [3.05, 3.63) is 42.0 Å². The van der Waals surface area contributed by atoms with Crippen molar-refractivity contribution in [1.82, 2.24) is 4.98 Å². The van der Waals surface area contributed by atoms with E-state index in [1.807, 2.05) is 37.1 Å². The minimum absolute atomic E-state index is 0.688. The number of nitrogens with zero attached hydrogens (tertiary/aromatic N) is 2. The predicted molar refractivity (Wildman–Crippen MR) is 64.2 cm³/mol. The Balaban J connectivity index is 2.17. The molecule has 0 aliphatic heterocycles. The molecule has 0 fully saturated rings. The molecule has 4 heteroatoms. The number of nitrogens with two attached hydrogens (primary N) is 1. The lowest BCUT2D eigenvalue weighted by molar-refractivity contribution is 0.507. The third-order valence-electron chi connectivity index (χ3n) is 2.41. The summed E-state index contributed by atoms with van der Waals surface area (Å²) < 4.78 is 5.30. The predicted octanol–water partition coefficient (Wildman–Crippen LogP) is 2.20. The molecule has 2 N–H and O–H groups in total. The van der Waals surface area contributed by atoms with E-state index in [1.165, 1.54) is 0 Å². The molecule has 2 rings (SSSR count). The van der Waals surface area contributed by atoms with Gasteiger partial charge in [-0.25, -0.2) is 4.98 Å². The van der Waals surface area contributed by atoms with Crippen LogP contribution in [-0.4, -0.2) is 12.0 Å². The van der Waals surface area contributed by atoms with Crippen molar-refractivity contribution in [2.45, 2.75) is 13.5 Å². The normalized spacial score (nSPS) is 10.4. The van der Waals surface area contributed by atoms with E-state index in [-0.39, 0.29) is 0 Å². The highest BCUT2D eigenvalue weighted by Crippen LogP contribution is 2.19. The summed E-state index contributed by atoms with van der Waals surface area (Å²) in [6.07, 6.45) is 3.34. The van der Waals surface area contributed by atoms with Crippen LogP contribution in [0.25, 0.3) is 0 Å². The number of aromatic nitrogens is 1. The number of aryl methyl sites for hydroxylation is 1. The first-order chi connectivity index (χ1) is 7.66. The van der Waals surface area contributed by atoms with Crippen LogP contribution in [0.3, 0.4) is 0 Å². The quantitative estimate of drug-likeness (QED) is 0.856. The van der Waals surface area contributed by atoms with Crippen molar-refractivity contribution in [1.29, 1.82) is 0 Å². The Labute approximate surface area is 94.7 Å². The van der Waals surface area contributed by atoms with E-state index in [1.54, 1.807) is 12.5 Å². The van der Waals surface area contributed by atoms with Crippen LogP contribution in [-0.2, 0) is 6.54 Å². The summed E-state index contributed by atoms with van der Waals surface area (Å²) >= 11 is 0. The highest BCUT2D eigenvalue weighted by molar-refractivity contribution is 5.52. The van der Waals surface area contributed by atoms with Crippen molar-refractivity contribution in [2.24, 2.45) is 0 Å². The van der Waals surface area contributed by atoms with E-state index in [0.29, 0.717) is 12.2 Å². The lowest BCUT2D eigenvalue weighted by Gasteiger charge is -2.18. The molecule has 0 unspecified atom stereocenters. The first-order valence-corrected chi connectivity index (χ1v) is 5.12. The maximum atomic E-state index is 5.66. The fourth-order valence-corrected chi connectivity index (χ4v) is 1.70. The zero-order chi connectivity index (χ0) is 11.5. The van der Waals surface area contributed by atoms with Crippen molar-refractivity contribution in [2.75, 3.05) is 17.7 Å². The Hall–Kier alpha value is -1.97. The number of furan rings is 1. The molecular weight excluding hydrogens is 202 g/mol. The molecule has 0 radical (unpaired) electrons. The molecule has 0 aliphatic rings. The van der Waals surface area contributed by atoms with Crippen LogP contribution in [0.15, 0.2) is 35.1 Å². The van der Waals surface area contributed by atoms with E-state index in [9.17, 15) is 0 Å². The summed E-state index contributed by atoms with van der Waals surface area (Å²) in [6, 6.07) is 5.75. The fourth-order valence-electron chi connectivity index (χ4n) is 1.70. The van der Waals surface area contributed by atoms with Gasteiger partial charge in [0, 0.05) is 7.05 Å². The Kier molecular flexibility index (Phi) is 2.81. The van der Waals surface area contributed by atoms with E-state index >= 15 is 0 Å². The first kappa shape index (κ1) is 10.5. The third kappa shape index (κ3) is 2.16. The van der Waals surface area contributed by atoms with Gasteiger partial charge in [-0.3, -0.25) is 0 Å². The summed E-state index contributed by atoms with van der Waals surface area (Å²) in [7, 11) is 1.98. The van der Waals surface area contributed by atoms with Crippen LogP contribution in [0, 0.1) is 6.92 Å². The third-order valence-corrected chi connectivity index (χ3v) is 2.41. The second-order valence-corrected chi connectivity index (χ2v) is 3.84. The van der Waals surface area contributed by atoms with Crippen LogP contribution in [0.1, 0.15) is 11.3 Å². The van der Waals surface area contributed by atoms with Gasteiger partial charge in [-0.2, -0.15) is 0 Å². The van der Waals surface area contributed by atoms with Crippen molar-refractivity contribution >= 4 is 11.5 Å². The number of pyridine rings is 1. The average molecular weight is 217 g/mol. The molecule has 0 amide bonds. The molecule has 0 aliphatic carbocycles. The summed E-state index contributed by atoms with van der Waals surface area (Å²) in [6.45, 7) is 2.70. The molecule has 2 aromatic rings. The lowest BCUT2D eigenvalue weighted by Crippen LogP contribution is -2.18. The second-order valence-electron chi connectivity index (χ2n) is 3.84. The molecule has 0 saturated carbocycles. The van der Waals surface area contributed by atoms with Gasteiger partial charge in [0.2, 0.25) is 0 Å². The highest BCUT2D eigenvalue weighted by Gasteiger charge is 2.08. The van der Waals surface area contributed by atoms with Crippen molar-refractivity contribution in [3.63, 3.8) is 0 Å². The Morgan fingerprint density at radius 1 is 1.50 bits per heavy atom. The van der Waals surface area contributed by atoms with E-state index < -0.39 is 0 Å². The van der Waals surface area contributed by atoms with Crippen LogP contribution < -0.4 is 10.6 Å². The number of hydrogen-bond acceptors (Lipinski definition) is 4. The summed E-state index contributed by atoms with van der Waals surface area (Å²) in [5.41, 5.74) is 7.42. The molecule has 2 heterocycles. The van der Waals surface area contributed by atoms with E-state index in [4.69, 9.17) is 10.2 Å². The molecule has 16 heavy (non-hydrogen) atoms. The van der Waals surface area contributed by atoms with Crippen LogP contribution in [0.2, 0.25) is 0 Å². The number of hydrogen-bond donors (Lipinski definition) is 1. The molecule has 84 valence electrons. The van der Waals surface area contributed by atoms with Crippen molar-refractivity contribution < 1.29 is 4.42 Å². The monoisotopic (exact) mass is 217 g/mol. The molecule has 4 nitrogen and oxygen atoms in total. The summed E-state index contributed by atoms with van der Waals surface area (Å²) in [4.78, 5) is 6.35. The smallest absolute Gasteiger partial charge is 0.131 e. The Morgan fingerprint density at radius 3 is 2.94 bits per heavy atom. The molecule has 0 saturated heterocycles. The van der Waals surface area contributed by atoms with Crippen LogP contribution in [0.5, 0.6) is 0 Å². The molecule has 2 aromatic heterocycles. The van der Waals surface area contributed by atoms with Gasteiger partial charge < -0.3 is 15.1 Å². The molecule has 0 bridgehead atoms. The van der Waals surface area contributed by atoms with E-state index in [2.05, 4.69) is 4.98 Å². The SMILES string of the molecule is Cc1cc(N)cnc1N(C)Cc1ccco1. The molecule has 0 spiro atoms. The van der Waals surface area contributed by atoms with Gasteiger partial charge >= 0.3 is 0 Å². The van der Waals surface area contributed by atoms with Crippen LogP contribution in [0.4, 0.5) is 11.5 Å². The summed E-state index contributed by atoms with van der Waals surface area (Å²) in [5.74, 6) is 1.84. The van der Waals surface area contributed by atoms with Gasteiger partial charge in [-0.05, 0) is 30.7 Å². The second kappa shape index (κ2) is 4.26. The topological polar surface area (TPSA) is 55.3 Å². The highest BCUT2D eigenvalue weighted by atomic mass is 16.3. The van der Waals surface area contributed by atoms with Gasteiger partial charge in [0.25, 0.3) is 0 Å². The lowest BCUT2D eigenvalue weighted by atomic mass is 10.2. The minimum atomic E-state index is 0.688. The van der Waals surface area contributed by atoms with Gasteiger partial charge in [0.1, 0.15) is 11.6 Å². The van der Waals surface area contributed by atoms with Gasteiger partial charge in [0.05, 0.1) is 24.7 Å². The largest absolute Gasteiger partial charge is 0.467 e. The number of rotatable bonds is 3. The average Bonchev–Trinajstić information content (AvgIpc) is 2.70. The van der Waals surface area contributed by atoms with Crippen LogP contribution >= 0.6 is 0 Å². The van der Waals surface area contributed by atoms with Gasteiger partial charge in [-0.1, -0.05) is 0 Å². The van der Waals surface area contributed by atoms with Crippen molar-refractivity contribution in [3.8, 4) is 0 Å². The molecule has 0 atom stereocenters. The zero-order valence-electron chi connectivity index (χ0n) is 9.47. The maximum absolute atomic E-state index is 5.66. The fraction of sp³-hybridized carbons (Fsp3) is 0.250.